The highest BCUT2D eigenvalue weighted by molar-refractivity contribution is 5.80. The van der Waals surface area contributed by atoms with E-state index in [0.29, 0.717) is 19.5 Å². The molecule has 0 bridgehead atoms. The predicted octanol–water partition coefficient (Wildman–Crippen LogP) is 3.10. The number of hydrogen-bond acceptors (Lipinski definition) is 3. The molecule has 25 heavy (non-hydrogen) atoms. The van der Waals surface area contributed by atoms with Gasteiger partial charge in [-0.25, -0.2) is 0 Å². The number of fused-ring (bicyclic) bond motifs is 1. The van der Waals surface area contributed by atoms with Crippen molar-refractivity contribution in [3.63, 3.8) is 0 Å². The molecule has 5 nitrogen and oxygen atoms in total. The lowest BCUT2D eigenvalue weighted by molar-refractivity contribution is -0.121. The van der Waals surface area contributed by atoms with Gasteiger partial charge in [-0.15, -0.1) is 0 Å². The number of nitrogens with zero attached hydrogens (tertiary/aromatic N) is 2. The van der Waals surface area contributed by atoms with Crippen LogP contribution in [-0.2, 0) is 17.8 Å². The van der Waals surface area contributed by atoms with Crippen LogP contribution < -0.4 is 10.1 Å². The summed E-state index contributed by atoms with van der Waals surface area (Å²) < 4.78 is 7.09. The van der Waals surface area contributed by atoms with Crippen LogP contribution in [0.15, 0.2) is 48.7 Å². The first kappa shape index (κ1) is 17.0. The van der Waals surface area contributed by atoms with Crippen molar-refractivity contribution in [2.45, 2.75) is 26.3 Å². The zero-order valence-electron chi connectivity index (χ0n) is 14.7. The molecule has 1 amide bonds. The van der Waals surface area contributed by atoms with Gasteiger partial charge >= 0.3 is 0 Å². The molecule has 0 fully saturated rings. The van der Waals surface area contributed by atoms with Crippen molar-refractivity contribution < 1.29 is 9.53 Å². The second-order valence-corrected chi connectivity index (χ2v) is 6.13. The van der Waals surface area contributed by atoms with Crippen molar-refractivity contribution in [1.29, 1.82) is 0 Å². The van der Waals surface area contributed by atoms with Crippen LogP contribution >= 0.6 is 0 Å². The number of rotatable bonds is 7. The van der Waals surface area contributed by atoms with E-state index in [2.05, 4.69) is 35.5 Å². The molecule has 0 aliphatic rings. The molecule has 5 heteroatoms. The summed E-state index contributed by atoms with van der Waals surface area (Å²) in [6.07, 6.45) is 3.05. The summed E-state index contributed by atoms with van der Waals surface area (Å²) in [6, 6.07) is 14.1. The minimum Gasteiger partial charge on any atom is -0.497 e. The average molecular weight is 337 g/mol. The molecular weight excluding hydrogens is 314 g/mol. The van der Waals surface area contributed by atoms with Crippen molar-refractivity contribution in [2.24, 2.45) is 0 Å². The summed E-state index contributed by atoms with van der Waals surface area (Å²) in [5.41, 5.74) is 3.42. The van der Waals surface area contributed by atoms with Crippen LogP contribution in [0, 0.1) is 6.92 Å². The molecule has 3 rings (SSSR count). The average Bonchev–Trinajstić information content (AvgIpc) is 3.02. The Bertz CT molecular complexity index is 870. The Balaban J connectivity index is 1.47. The molecule has 2 aromatic carbocycles. The number of amides is 1. The largest absolute Gasteiger partial charge is 0.497 e. The van der Waals surface area contributed by atoms with Crippen LogP contribution in [0.3, 0.4) is 0 Å². The third-order valence-electron chi connectivity index (χ3n) is 4.22. The number of aryl methyl sites for hydroxylation is 2. The lowest BCUT2D eigenvalue weighted by Gasteiger charge is -2.07. The van der Waals surface area contributed by atoms with Crippen LogP contribution in [0.4, 0.5) is 0 Å². The lowest BCUT2D eigenvalue weighted by atomic mass is 10.1. The zero-order chi connectivity index (χ0) is 17.6. The Morgan fingerprint density at radius 1 is 1.24 bits per heavy atom. The van der Waals surface area contributed by atoms with Crippen molar-refractivity contribution in [2.75, 3.05) is 13.7 Å². The maximum atomic E-state index is 12.1. The number of ether oxygens (including phenoxy) is 1. The van der Waals surface area contributed by atoms with E-state index < -0.39 is 0 Å². The normalized spacial score (nSPS) is 10.8. The van der Waals surface area contributed by atoms with Gasteiger partial charge in [-0.2, -0.15) is 5.10 Å². The highest BCUT2D eigenvalue weighted by Crippen LogP contribution is 2.15. The number of benzene rings is 2. The van der Waals surface area contributed by atoms with E-state index in [4.69, 9.17) is 4.74 Å². The SMILES string of the molecule is COc1cccc(CCNC(=O)CCn2ncc3cc(C)ccc32)c1. The number of nitrogens with one attached hydrogen (secondary N) is 1. The maximum absolute atomic E-state index is 12.1. The van der Waals surface area contributed by atoms with Gasteiger partial charge in [-0.1, -0.05) is 23.8 Å². The third-order valence-corrected chi connectivity index (χ3v) is 4.22. The Labute approximate surface area is 147 Å². The molecule has 1 heterocycles. The fourth-order valence-electron chi connectivity index (χ4n) is 2.85. The second kappa shape index (κ2) is 7.83. The van der Waals surface area contributed by atoms with Gasteiger partial charge in [0.05, 0.1) is 25.4 Å². The van der Waals surface area contributed by atoms with Crippen LogP contribution in [-0.4, -0.2) is 29.3 Å². The molecule has 0 atom stereocenters. The van der Waals surface area contributed by atoms with E-state index in [0.717, 1.165) is 28.6 Å². The van der Waals surface area contributed by atoms with Gasteiger partial charge in [0.1, 0.15) is 5.75 Å². The van der Waals surface area contributed by atoms with Crippen LogP contribution in [0.25, 0.3) is 10.9 Å². The van der Waals surface area contributed by atoms with Gasteiger partial charge < -0.3 is 10.1 Å². The standard InChI is InChI=1S/C20H23N3O2/c1-15-6-7-19-17(12-15)14-22-23(19)11-9-20(24)21-10-8-16-4-3-5-18(13-16)25-2/h3-7,12-14H,8-11H2,1-2H3,(H,21,24). The number of carbonyl (C=O) groups excluding carboxylic acids is 1. The third kappa shape index (κ3) is 4.38. The molecule has 1 N–H and O–H groups in total. The Hall–Kier alpha value is -2.82. The predicted molar refractivity (Wildman–Crippen MR) is 98.8 cm³/mol. The highest BCUT2D eigenvalue weighted by Gasteiger charge is 2.06. The van der Waals surface area contributed by atoms with Gasteiger partial charge in [0.25, 0.3) is 0 Å². The van der Waals surface area contributed by atoms with E-state index in [9.17, 15) is 4.79 Å². The van der Waals surface area contributed by atoms with Crippen LogP contribution in [0.1, 0.15) is 17.5 Å². The van der Waals surface area contributed by atoms with Gasteiger partial charge in [-0.3, -0.25) is 9.48 Å². The summed E-state index contributed by atoms with van der Waals surface area (Å²) in [5, 5.41) is 8.46. The summed E-state index contributed by atoms with van der Waals surface area (Å²) >= 11 is 0. The molecular formula is C20H23N3O2. The van der Waals surface area contributed by atoms with Gasteiger partial charge in [0, 0.05) is 18.4 Å². The van der Waals surface area contributed by atoms with E-state index in [1.165, 1.54) is 5.56 Å². The number of aromatic nitrogens is 2. The molecule has 1 aromatic heterocycles. The maximum Gasteiger partial charge on any atom is 0.221 e. The van der Waals surface area contributed by atoms with Gasteiger partial charge in [0.2, 0.25) is 5.91 Å². The van der Waals surface area contributed by atoms with Crippen molar-refractivity contribution in [3.05, 3.63) is 59.8 Å². The zero-order valence-corrected chi connectivity index (χ0v) is 14.7. The van der Waals surface area contributed by atoms with E-state index >= 15 is 0 Å². The van der Waals surface area contributed by atoms with E-state index in [1.54, 1.807) is 7.11 Å². The van der Waals surface area contributed by atoms with Gasteiger partial charge in [0.15, 0.2) is 0 Å². The van der Waals surface area contributed by atoms with Crippen LogP contribution in [0.5, 0.6) is 5.75 Å². The number of methoxy groups -OCH3 is 1. The molecule has 0 saturated heterocycles. The Morgan fingerprint density at radius 2 is 2.12 bits per heavy atom. The molecule has 0 spiro atoms. The molecule has 0 saturated carbocycles. The molecule has 0 aliphatic carbocycles. The number of carbonyl (C=O) groups is 1. The molecule has 3 aromatic rings. The first-order valence-electron chi connectivity index (χ1n) is 8.47. The fraction of sp³-hybridized carbons (Fsp3) is 0.300. The molecule has 0 aliphatic heterocycles. The minimum atomic E-state index is 0.0404. The van der Waals surface area contributed by atoms with E-state index in [1.807, 2.05) is 35.1 Å². The van der Waals surface area contributed by atoms with Crippen molar-refractivity contribution in [3.8, 4) is 5.75 Å². The van der Waals surface area contributed by atoms with Crippen molar-refractivity contribution >= 4 is 16.8 Å². The number of hydrogen-bond donors (Lipinski definition) is 1. The minimum absolute atomic E-state index is 0.0404. The van der Waals surface area contributed by atoms with E-state index in [-0.39, 0.29) is 5.91 Å². The quantitative estimate of drug-likeness (QED) is 0.721. The summed E-state index contributed by atoms with van der Waals surface area (Å²) in [7, 11) is 1.65. The first-order valence-corrected chi connectivity index (χ1v) is 8.47. The smallest absolute Gasteiger partial charge is 0.221 e. The summed E-state index contributed by atoms with van der Waals surface area (Å²) in [5.74, 6) is 0.878. The topological polar surface area (TPSA) is 56.1 Å². The molecule has 0 unspecified atom stereocenters. The van der Waals surface area contributed by atoms with Crippen molar-refractivity contribution in [1.82, 2.24) is 15.1 Å². The molecule has 0 radical (unpaired) electrons. The summed E-state index contributed by atoms with van der Waals surface area (Å²) in [6.45, 7) is 3.26. The monoisotopic (exact) mass is 337 g/mol. The fourth-order valence-corrected chi connectivity index (χ4v) is 2.85. The second-order valence-electron chi connectivity index (χ2n) is 6.13. The van der Waals surface area contributed by atoms with Crippen LogP contribution in [0.2, 0.25) is 0 Å². The summed E-state index contributed by atoms with van der Waals surface area (Å²) in [4.78, 5) is 12.1. The lowest BCUT2D eigenvalue weighted by Crippen LogP contribution is -2.26. The Kier molecular flexibility index (Phi) is 5.33. The first-order chi connectivity index (χ1) is 12.2. The highest BCUT2D eigenvalue weighted by atomic mass is 16.5. The Morgan fingerprint density at radius 3 is 2.96 bits per heavy atom. The van der Waals surface area contributed by atoms with Gasteiger partial charge in [-0.05, 0) is 43.2 Å². The molecule has 130 valence electrons.